The Bertz CT molecular complexity index is 379. The molecule has 2 N–H and O–H groups in total. The van der Waals surface area contributed by atoms with Gasteiger partial charge in [0.2, 0.25) is 0 Å². The first-order valence-electron chi connectivity index (χ1n) is 6.52. The van der Waals surface area contributed by atoms with Gasteiger partial charge in [-0.3, -0.25) is 0 Å². The molecule has 0 fully saturated rings. The van der Waals surface area contributed by atoms with E-state index in [-0.39, 0.29) is 5.54 Å². The van der Waals surface area contributed by atoms with E-state index in [1.165, 1.54) is 0 Å². The summed E-state index contributed by atoms with van der Waals surface area (Å²) in [6.07, 6.45) is 4.90. The Morgan fingerprint density at radius 1 is 1.17 bits per heavy atom. The van der Waals surface area contributed by atoms with E-state index in [2.05, 4.69) is 64.2 Å². The van der Waals surface area contributed by atoms with Crippen LogP contribution in [0.25, 0.3) is 0 Å². The summed E-state index contributed by atoms with van der Waals surface area (Å²) in [4.78, 5) is 8.55. The third-order valence-electron chi connectivity index (χ3n) is 2.66. The van der Waals surface area contributed by atoms with Crippen molar-refractivity contribution >= 4 is 27.6 Å². The van der Waals surface area contributed by atoms with Gasteiger partial charge in [-0.1, -0.05) is 20.3 Å². The van der Waals surface area contributed by atoms with Crippen molar-refractivity contribution in [2.45, 2.75) is 52.5 Å². The van der Waals surface area contributed by atoms with E-state index >= 15 is 0 Å². The molecule has 5 heteroatoms. The largest absolute Gasteiger partial charge is 0.369 e. The summed E-state index contributed by atoms with van der Waals surface area (Å²) in [5, 5.41) is 6.75. The normalized spacial score (nSPS) is 11.4. The predicted molar refractivity (Wildman–Crippen MR) is 81.1 cm³/mol. The standard InChI is InChI=1S/C13H23BrN4/c1-5-7-13(3,4)18-12-10(14)11(15-8-6-2)16-9-17-12/h9H,5-8H2,1-4H3,(H2,15,16,17,18). The minimum Gasteiger partial charge on any atom is -0.369 e. The Labute approximate surface area is 118 Å². The molecule has 0 saturated carbocycles. The van der Waals surface area contributed by atoms with Gasteiger partial charge in [0.25, 0.3) is 0 Å². The fourth-order valence-corrected chi connectivity index (χ4v) is 2.28. The molecule has 0 atom stereocenters. The molecule has 0 radical (unpaired) electrons. The fourth-order valence-electron chi connectivity index (χ4n) is 1.83. The molecular formula is C13H23BrN4. The first-order chi connectivity index (χ1) is 8.50. The molecular weight excluding hydrogens is 292 g/mol. The van der Waals surface area contributed by atoms with Crippen LogP contribution in [0.1, 0.15) is 47.0 Å². The first-order valence-corrected chi connectivity index (χ1v) is 7.32. The first kappa shape index (κ1) is 15.2. The van der Waals surface area contributed by atoms with Crippen LogP contribution in [0.15, 0.2) is 10.8 Å². The second kappa shape index (κ2) is 6.92. The molecule has 1 aromatic heterocycles. The molecule has 0 amide bonds. The summed E-state index contributed by atoms with van der Waals surface area (Å²) in [5.74, 6) is 1.70. The number of aromatic nitrogens is 2. The van der Waals surface area contributed by atoms with Gasteiger partial charge in [0.15, 0.2) is 0 Å². The number of anilines is 2. The molecule has 102 valence electrons. The van der Waals surface area contributed by atoms with E-state index in [0.717, 1.165) is 41.9 Å². The molecule has 1 heterocycles. The maximum Gasteiger partial charge on any atom is 0.146 e. The van der Waals surface area contributed by atoms with Crippen molar-refractivity contribution in [2.24, 2.45) is 0 Å². The third kappa shape index (κ3) is 4.44. The molecule has 0 aliphatic heterocycles. The van der Waals surface area contributed by atoms with Crippen LogP contribution >= 0.6 is 15.9 Å². The van der Waals surface area contributed by atoms with Crippen LogP contribution in [0.2, 0.25) is 0 Å². The SMILES string of the molecule is CCCNc1ncnc(NC(C)(C)CCC)c1Br. The zero-order chi connectivity index (χ0) is 13.6. The topological polar surface area (TPSA) is 49.8 Å². The summed E-state index contributed by atoms with van der Waals surface area (Å²) in [7, 11) is 0. The Hall–Kier alpha value is -0.840. The van der Waals surface area contributed by atoms with Crippen LogP contribution in [0.4, 0.5) is 11.6 Å². The van der Waals surface area contributed by atoms with Crippen LogP contribution in [0.5, 0.6) is 0 Å². The fraction of sp³-hybridized carbons (Fsp3) is 0.692. The van der Waals surface area contributed by atoms with Crippen molar-refractivity contribution in [1.82, 2.24) is 9.97 Å². The Morgan fingerprint density at radius 3 is 2.44 bits per heavy atom. The summed E-state index contributed by atoms with van der Waals surface area (Å²) < 4.78 is 0.905. The number of halogens is 1. The van der Waals surface area contributed by atoms with Crippen LogP contribution in [-0.2, 0) is 0 Å². The van der Waals surface area contributed by atoms with Gasteiger partial charge in [0.1, 0.15) is 22.4 Å². The van der Waals surface area contributed by atoms with E-state index in [9.17, 15) is 0 Å². The van der Waals surface area contributed by atoms with Crippen LogP contribution in [0.3, 0.4) is 0 Å². The molecule has 0 bridgehead atoms. The van der Waals surface area contributed by atoms with Gasteiger partial charge < -0.3 is 10.6 Å². The number of nitrogens with zero attached hydrogens (tertiary/aromatic N) is 2. The zero-order valence-corrected chi connectivity index (χ0v) is 13.3. The second-order valence-electron chi connectivity index (χ2n) is 5.07. The Balaban J connectivity index is 2.83. The van der Waals surface area contributed by atoms with Crippen molar-refractivity contribution < 1.29 is 0 Å². The van der Waals surface area contributed by atoms with Gasteiger partial charge in [0, 0.05) is 12.1 Å². The van der Waals surface area contributed by atoms with Gasteiger partial charge in [0.05, 0.1) is 0 Å². The number of rotatable bonds is 7. The van der Waals surface area contributed by atoms with Crippen molar-refractivity contribution in [3.05, 3.63) is 10.8 Å². The summed E-state index contributed by atoms with van der Waals surface area (Å²) in [5.41, 5.74) is 0.0354. The molecule has 4 nitrogen and oxygen atoms in total. The monoisotopic (exact) mass is 314 g/mol. The Kier molecular flexibility index (Phi) is 5.85. The number of nitrogens with one attached hydrogen (secondary N) is 2. The quantitative estimate of drug-likeness (QED) is 0.797. The smallest absolute Gasteiger partial charge is 0.146 e. The highest BCUT2D eigenvalue weighted by molar-refractivity contribution is 9.10. The van der Waals surface area contributed by atoms with Gasteiger partial charge in [-0.05, 0) is 42.6 Å². The number of hydrogen-bond donors (Lipinski definition) is 2. The lowest BCUT2D eigenvalue weighted by Gasteiger charge is -2.27. The van der Waals surface area contributed by atoms with Gasteiger partial charge >= 0.3 is 0 Å². The summed E-state index contributed by atoms with van der Waals surface area (Å²) >= 11 is 3.57. The third-order valence-corrected chi connectivity index (χ3v) is 3.41. The van der Waals surface area contributed by atoms with Crippen LogP contribution < -0.4 is 10.6 Å². The van der Waals surface area contributed by atoms with Gasteiger partial charge in [-0.15, -0.1) is 0 Å². The molecule has 0 aliphatic carbocycles. The van der Waals surface area contributed by atoms with Crippen molar-refractivity contribution in [1.29, 1.82) is 0 Å². The summed E-state index contributed by atoms with van der Waals surface area (Å²) in [6, 6.07) is 0. The van der Waals surface area contributed by atoms with E-state index in [1.54, 1.807) is 6.33 Å². The lowest BCUT2D eigenvalue weighted by atomic mass is 9.99. The lowest BCUT2D eigenvalue weighted by molar-refractivity contribution is 0.508. The predicted octanol–water partition coefficient (Wildman–Crippen LogP) is 4.05. The molecule has 0 saturated heterocycles. The molecule has 1 aromatic rings. The van der Waals surface area contributed by atoms with Crippen molar-refractivity contribution in [3.8, 4) is 0 Å². The van der Waals surface area contributed by atoms with Crippen molar-refractivity contribution in [3.63, 3.8) is 0 Å². The van der Waals surface area contributed by atoms with E-state index in [1.807, 2.05) is 0 Å². The van der Waals surface area contributed by atoms with Crippen molar-refractivity contribution in [2.75, 3.05) is 17.2 Å². The summed E-state index contributed by atoms with van der Waals surface area (Å²) in [6.45, 7) is 9.60. The molecule has 18 heavy (non-hydrogen) atoms. The van der Waals surface area contributed by atoms with E-state index < -0.39 is 0 Å². The second-order valence-corrected chi connectivity index (χ2v) is 5.86. The average Bonchev–Trinajstić information content (AvgIpc) is 2.30. The van der Waals surface area contributed by atoms with E-state index in [4.69, 9.17) is 0 Å². The zero-order valence-electron chi connectivity index (χ0n) is 11.7. The van der Waals surface area contributed by atoms with Crippen LogP contribution in [-0.4, -0.2) is 22.1 Å². The molecule has 0 unspecified atom stereocenters. The van der Waals surface area contributed by atoms with Crippen LogP contribution in [0, 0.1) is 0 Å². The highest BCUT2D eigenvalue weighted by Gasteiger charge is 2.19. The molecule has 0 aromatic carbocycles. The van der Waals surface area contributed by atoms with Gasteiger partial charge in [-0.2, -0.15) is 0 Å². The minimum absolute atomic E-state index is 0.0354. The minimum atomic E-state index is 0.0354. The van der Waals surface area contributed by atoms with Gasteiger partial charge in [-0.25, -0.2) is 9.97 Å². The molecule has 0 aliphatic rings. The molecule has 1 rings (SSSR count). The lowest BCUT2D eigenvalue weighted by Crippen LogP contribution is -2.31. The maximum absolute atomic E-state index is 4.31. The Morgan fingerprint density at radius 2 is 1.83 bits per heavy atom. The highest BCUT2D eigenvalue weighted by Crippen LogP contribution is 2.29. The molecule has 0 spiro atoms. The average molecular weight is 315 g/mol. The number of hydrogen-bond acceptors (Lipinski definition) is 4. The highest BCUT2D eigenvalue weighted by atomic mass is 79.9. The van der Waals surface area contributed by atoms with E-state index in [0.29, 0.717) is 0 Å². The maximum atomic E-state index is 4.31.